The summed E-state index contributed by atoms with van der Waals surface area (Å²) >= 11 is 0. The molecule has 1 saturated heterocycles. The van der Waals surface area contributed by atoms with Crippen LogP contribution in [0.1, 0.15) is 41.6 Å². The Morgan fingerprint density at radius 1 is 0.828 bits per heavy atom. The van der Waals surface area contributed by atoms with Gasteiger partial charge in [0.1, 0.15) is 5.69 Å². The smallest absolute Gasteiger partial charge is 0.113 e. The number of hydrogen-bond acceptors (Lipinski definition) is 2. The van der Waals surface area contributed by atoms with Crippen molar-refractivity contribution in [1.29, 1.82) is 0 Å². The predicted octanol–water partition coefficient (Wildman–Crippen LogP) is 5.64. The molecule has 1 aliphatic rings. The molecule has 0 atom stereocenters. The standard InChI is InChI=1S/C27H28N2/c1-22-8-14-25(15-9-22)26-16-17-27(28-20-26)7-3-2-6-23-10-12-24(13-11-23)21-29-18-4-5-19-29/h8-17,20H,2,4-6,18-19,21H2,1H3. The molecule has 0 saturated carbocycles. The topological polar surface area (TPSA) is 16.1 Å². The second kappa shape index (κ2) is 9.54. The van der Waals surface area contributed by atoms with Crippen LogP contribution in [0.2, 0.25) is 0 Å². The molecule has 0 unspecified atom stereocenters. The van der Waals surface area contributed by atoms with Crippen molar-refractivity contribution in [3.05, 3.63) is 89.2 Å². The number of aromatic nitrogens is 1. The first-order chi connectivity index (χ1) is 14.3. The molecule has 0 radical (unpaired) electrons. The third-order valence-electron chi connectivity index (χ3n) is 5.53. The normalized spacial score (nSPS) is 13.8. The van der Waals surface area contributed by atoms with E-state index in [1.165, 1.54) is 48.2 Å². The molecule has 1 fully saturated rings. The van der Waals surface area contributed by atoms with Crippen molar-refractivity contribution in [3.8, 4) is 23.0 Å². The highest BCUT2D eigenvalue weighted by molar-refractivity contribution is 5.63. The predicted molar refractivity (Wildman–Crippen MR) is 121 cm³/mol. The van der Waals surface area contributed by atoms with Gasteiger partial charge in [-0.1, -0.05) is 66.1 Å². The van der Waals surface area contributed by atoms with Crippen LogP contribution in [0.3, 0.4) is 0 Å². The quantitative estimate of drug-likeness (QED) is 0.533. The molecule has 2 heteroatoms. The number of rotatable bonds is 5. The number of hydrogen-bond donors (Lipinski definition) is 0. The van der Waals surface area contributed by atoms with Gasteiger partial charge in [0.05, 0.1) is 0 Å². The minimum Gasteiger partial charge on any atom is -0.299 e. The third kappa shape index (κ3) is 5.56. The molecule has 146 valence electrons. The lowest BCUT2D eigenvalue weighted by Crippen LogP contribution is -2.18. The average Bonchev–Trinajstić information content (AvgIpc) is 3.27. The first-order valence-electron chi connectivity index (χ1n) is 10.6. The molecule has 4 rings (SSSR count). The number of likely N-dealkylation sites (tertiary alicyclic amines) is 1. The molecule has 0 bridgehead atoms. The molecule has 3 aromatic rings. The number of nitrogens with zero attached hydrogens (tertiary/aromatic N) is 2. The Labute approximate surface area is 174 Å². The fourth-order valence-corrected chi connectivity index (χ4v) is 3.75. The van der Waals surface area contributed by atoms with Crippen LogP contribution in [0.4, 0.5) is 0 Å². The maximum Gasteiger partial charge on any atom is 0.113 e. The second-order valence-corrected chi connectivity index (χ2v) is 7.90. The summed E-state index contributed by atoms with van der Waals surface area (Å²) < 4.78 is 0. The Morgan fingerprint density at radius 2 is 1.52 bits per heavy atom. The Morgan fingerprint density at radius 3 is 2.21 bits per heavy atom. The van der Waals surface area contributed by atoms with Crippen molar-refractivity contribution in [1.82, 2.24) is 9.88 Å². The molecule has 0 amide bonds. The van der Waals surface area contributed by atoms with Gasteiger partial charge in [0.25, 0.3) is 0 Å². The van der Waals surface area contributed by atoms with Crippen LogP contribution in [-0.4, -0.2) is 23.0 Å². The zero-order chi connectivity index (χ0) is 19.9. The Kier molecular flexibility index (Phi) is 6.39. The summed E-state index contributed by atoms with van der Waals surface area (Å²) in [5, 5.41) is 0. The van der Waals surface area contributed by atoms with Crippen molar-refractivity contribution in [2.75, 3.05) is 13.1 Å². The summed E-state index contributed by atoms with van der Waals surface area (Å²) in [6.07, 6.45) is 6.44. The highest BCUT2D eigenvalue weighted by Gasteiger charge is 2.11. The molecule has 2 nitrogen and oxygen atoms in total. The van der Waals surface area contributed by atoms with Gasteiger partial charge in [-0.15, -0.1) is 0 Å². The third-order valence-corrected chi connectivity index (χ3v) is 5.53. The SMILES string of the molecule is Cc1ccc(-c2ccc(C#CCCc3ccc(CN4CCCC4)cc3)nc2)cc1. The van der Waals surface area contributed by atoms with Gasteiger partial charge in [-0.05, 0) is 68.0 Å². The number of benzene rings is 2. The fourth-order valence-electron chi connectivity index (χ4n) is 3.75. The van der Waals surface area contributed by atoms with Crippen molar-refractivity contribution in [3.63, 3.8) is 0 Å². The largest absolute Gasteiger partial charge is 0.299 e. The van der Waals surface area contributed by atoms with E-state index >= 15 is 0 Å². The van der Waals surface area contributed by atoms with Crippen LogP contribution in [-0.2, 0) is 13.0 Å². The molecule has 2 heterocycles. The lowest BCUT2D eigenvalue weighted by Gasteiger charge is -2.14. The van der Waals surface area contributed by atoms with E-state index in [2.05, 4.69) is 83.2 Å². The van der Waals surface area contributed by atoms with E-state index in [1.807, 2.05) is 12.3 Å². The highest BCUT2D eigenvalue weighted by atomic mass is 15.1. The Balaban J connectivity index is 1.28. The summed E-state index contributed by atoms with van der Waals surface area (Å²) in [5.41, 5.74) is 7.19. The van der Waals surface area contributed by atoms with Gasteiger partial charge < -0.3 is 0 Å². The molecule has 1 aliphatic heterocycles. The number of aryl methyl sites for hydroxylation is 2. The van der Waals surface area contributed by atoms with Crippen LogP contribution in [0.5, 0.6) is 0 Å². The lowest BCUT2D eigenvalue weighted by molar-refractivity contribution is 0.331. The summed E-state index contributed by atoms with van der Waals surface area (Å²) in [6.45, 7) is 5.68. The molecular formula is C27H28N2. The van der Waals surface area contributed by atoms with E-state index in [4.69, 9.17) is 0 Å². The molecular weight excluding hydrogens is 352 g/mol. The summed E-state index contributed by atoms with van der Waals surface area (Å²) in [5.74, 6) is 6.46. The van der Waals surface area contributed by atoms with Gasteiger partial charge in [0, 0.05) is 24.7 Å². The minimum atomic E-state index is 0.835. The summed E-state index contributed by atoms with van der Waals surface area (Å²) in [4.78, 5) is 7.04. The summed E-state index contributed by atoms with van der Waals surface area (Å²) in [6, 6.07) is 21.7. The average molecular weight is 381 g/mol. The first kappa shape index (κ1) is 19.4. The van der Waals surface area contributed by atoms with E-state index < -0.39 is 0 Å². The van der Waals surface area contributed by atoms with Crippen LogP contribution >= 0.6 is 0 Å². The van der Waals surface area contributed by atoms with E-state index in [1.54, 1.807) is 0 Å². The van der Waals surface area contributed by atoms with Crippen molar-refractivity contribution in [2.45, 2.75) is 39.2 Å². The minimum absolute atomic E-state index is 0.835. The molecule has 2 aromatic carbocycles. The van der Waals surface area contributed by atoms with Gasteiger partial charge in [0.15, 0.2) is 0 Å². The maximum atomic E-state index is 4.50. The summed E-state index contributed by atoms with van der Waals surface area (Å²) in [7, 11) is 0. The van der Waals surface area contributed by atoms with E-state index in [9.17, 15) is 0 Å². The van der Waals surface area contributed by atoms with Crippen LogP contribution in [0.25, 0.3) is 11.1 Å². The van der Waals surface area contributed by atoms with Crippen LogP contribution in [0, 0.1) is 18.8 Å². The fraction of sp³-hybridized carbons (Fsp3) is 0.296. The van der Waals surface area contributed by atoms with Crippen LogP contribution in [0.15, 0.2) is 66.9 Å². The highest BCUT2D eigenvalue weighted by Crippen LogP contribution is 2.19. The zero-order valence-corrected chi connectivity index (χ0v) is 17.2. The van der Waals surface area contributed by atoms with Crippen molar-refractivity contribution in [2.24, 2.45) is 0 Å². The van der Waals surface area contributed by atoms with Gasteiger partial charge >= 0.3 is 0 Å². The van der Waals surface area contributed by atoms with Gasteiger partial charge in [0.2, 0.25) is 0 Å². The molecule has 0 N–H and O–H groups in total. The molecule has 0 spiro atoms. The van der Waals surface area contributed by atoms with Gasteiger partial charge in [-0.25, -0.2) is 4.98 Å². The van der Waals surface area contributed by atoms with Crippen molar-refractivity contribution >= 4 is 0 Å². The van der Waals surface area contributed by atoms with Gasteiger partial charge in [-0.3, -0.25) is 4.90 Å². The monoisotopic (exact) mass is 380 g/mol. The van der Waals surface area contributed by atoms with Crippen molar-refractivity contribution < 1.29 is 0 Å². The molecule has 1 aromatic heterocycles. The number of pyridine rings is 1. The maximum absolute atomic E-state index is 4.50. The first-order valence-corrected chi connectivity index (χ1v) is 10.6. The van der Waals surface area contributed by atoms with E-state index in [-0.39, 0.29) is 0 Å². The Bertz CT molecular complexity index is 968. The van der Waals surface area contributed by atoms with E-state index in [0.717, 1.165) is 30.6 Å². The van der Waals surface area contributed by atoms with Crippen LogP contribution < -0.4 is 0 Å². The molecule has 0 aliphatic carbocycles. The Hall–Kier alpha value is -2.89. The zero-order valence-electron chi connectivity index (χ0n) is 17.2. The van der Waals surface area contributed by atoms with E-state index in [0.29, 0.717) is 0 Å². The second-order valence-electron chi connectivity index (χ2n) is 7.90. The van der Waals surface area contributed by atoms with Gasteiger partial charge in [-0.2, -0.15) is 0 Å². The lowest BCUT2D eigenvalue weighted by atomic mass is 10.1. The molecule has 29 heavy (non-hydrogen) atoms.